The van der Waals surface area contributed by atoms with Crippen LogP contribution in [0.3, 0.4) is 0 Å². The molecule has 0 saturated carbocycles. The van der Waals surface area contributed by atoms with Gasteiger partial charge >= 0.3 is 0 Å². The summed E-state index contributed by atoms with van der Waals surface area (Å²) in [5.41, 5.74) is 2.67. The maximum atomic E-state index is 12.9. The molecule has 0 aliphatic carbocycles. The molecule has 1 amide bonds. The van der Waals surface area contributed by atoms with Crippen LogP contribution in [0.1, 0.15) is 21.5 Å². The van der Waals surface area contributed by atoms with E-state index in [-0.39, 0.29) is 12.7 Å². The largest absolute Gasteiger partial charge is 0.472 e. The van der Waals surface area contributed by atoms with Crippen LogP contribution in [0.2, 0.25) is 0 Å². The number of ether oxygens (including phenoxy) is 2. The number of hydrogen-bond acceptors (Lipinski definition) is 4. The van der Waals surface area contributed by atoms with E-state index < -0.39 is 0 Å². The van der Waals surface area contributed by atoms with E-state index in [1.54, 1.807) is 6.07 Å². The van der Waals surface area contributed by atoms with Crippen molar-refractivity contribution in [1.29, 1.82) is 0 Å². The molecule has 132 valence electrons. The van der Waals surface area contributed by atoms with Crippen LogP contribution >= 0.6 is 0 Å². The van der Waals surface area contributed by atoms with Gasteiger partial charge in [-0.15, -0.1) is 0 Å². The lowest BCUT2D eigenvalue weighted by Crippen LogP contribution is -2.32. The number of rotatable bonds is 6. The quantitative estimate of drug-likeness (QED) is 0.677. The molecule has 0 spiro atoms. The molecule has 0 atom stereocenters. The predicted molar refractivity (Wildman–Crippen MR) is 96.2 cm³/mol. The van der Waals surface area contributed by atoms with Crippen LogP contribution < -0.4 is 9.47 Å². The Kier molecular flexibility index (Phi) is 4.60. The van der Waals surface area contributed by atoms with Crippen molar-refractivity contribution in [2.45, 2.75) is 13.0 Å². The number of furan rings is 1. The van der Waals surface area contributed by atoms with Gasteiger partial charge in [0, 0.05) is 18.7 Å². The topological polar surface area (TPSA) is 51.9 Å². The molecule has 0 fully saturated rings. The first-order valence-corrected chi connectivity index (χ1v) is 8.54. The second kappa shape index (κ2) is 7.35. The highest BCUT2D eigenvalue weighted by Gasteiger charge is 2.22. The molecule has 0 radical (unpaired) electrons. The minimum atomic E-state index is -0.0637. The zero-order valence-electron chi connectivity index (χ0n) is 14.3. The number of carbonyl (C=O) groups is 1. The van der Waals surface area contributed by atoms with Crippen LogP contribution in [0.25, 0.3) is 0 Å². The van der Waals surface area contributed by atoms with Crippen molar-refractivity contribution in [3.05, 3.63) is 83.8 Å². The first-order chi connectivity index (χ1) is 12.8. The van der Waals surface area contributed by atoms with Gasteiger partial charge in [-0.05, 0) is 24.1 Å². The molecule has 26 heavy (non-hydrogen) atoms. The molecule has 0 saturated heterocycles. The Hall–Kier alpha value is -3.21. The van der Waals surface area contributed by atoms with Crippen molar-refractivity contribution in [2.75, 3.05) is 13.3 Å². The van der Waals surface area contributed by atoms with E-state index in [4.69, 9.17) is 13.9 Å². The maximum Gasteiger partial charge on any atom is 0.257 e. The highest BCUT2D eigenvalue weighted by molar-refractivity contribution is 5.93. The number of fused-ring (bicyclic) bond motifs is 1. The predicted octanol–water partition coefficient (Wildman–Crippen LogP) is 3.89. The zero-order chi connectivity index (χ0) is 17.8. The van der Waals surface area contributed by atoms with E-state index in [1.165, 1.54) is 18.1 Å². The molecule has 1 aliphatic rings. The van der Waals surface area contributed by atoms with Crippen molar-refractivity contribution in [3.8, 4) is 11.5 Å². The second-order valence-corrected chi connectivity index (χ2v) is 6.13. The molecule has 1 aliphatic heterocycles. The summed E-state index contributed by atoms with van der Waals surface area (Å²) in [4.78, 5) is 14.7. The Morgan fingerprint density at radius 2 is 1.88 bits per heavy atom. The lowest BCUT2D eigenvalue weighted by Gasteiger charge is -2.23. The molecular formula is C21H19NO4. The summed E-state index contributed by atoms with van der Waals surface area (Å²) in [5.74, 6) is 1.38. The normalized spacial score (nSPS) is 12.2. The van der Waals surface area contributed by atoms with E-state index in [0.29, 0.717) is 18.7 Å². The van der Waals surface area contributed by atoms with Crippen LogP contribution in [-0.4, -0.2) is 24.1 Å². The third-order valence-electron chi connectivity index (χ3n) is 4.41. The number of benzene rings is 2. The zero-order valence-corrected chi connectivity index (χ0v) is 14.3. The molecule has 0 unspecified atom stereocenters. The van der Waals surface area contributed by atoms with Gasteiger partial charge in [-0.2, -0.15) is 0 Å². The fourth-order valence-electron chi connectivity index (χ4n) is 3.05. The number of nitrogens with zero attached hydrogens (tertiary/aromatic N) is 1. The third-order valence-corrected chi connectivity index (χ3v) is 4.41. The van der Waals surface area contributed by atoms with Gasteiger partial charge in [-0.25, -0.2) is 0 Å². The lowest BCUT2D eigenvalue weighted by molar-refractivity contribution is 0.0743. The average Bonchev–Trinajstić information content (AvgIpc) is 3.37. The van der Waals surface area contributed by atoms with Gasteiger partial charge in [-0.3, -0.25) is 4.79 Å². The Morgan fingerprint density at radius 3 is 2.69 bits per heavy atom. The van der Waals surface area contributed by atoms with Gasteiger partial charge in [0.1, 0.15) is 6.26 Å². The van der Waals surface area contributed by atoms with Gasteiger partial charge in [0.05, 0.1) is 11.8 Å². The molecule has 1 aromatic heterocycles. The Morgan fingerprint density at radius 1 is 1.00 bits per heavy atom. The van der Waals surface area contributed by atoms with Crippen molar-refractivity contribution < 1.29 is 18.7 Å². The number of carbonyl (C=O) groups excluding carboxylic acids is 1. The van der Waals surface area contributed by atoms with E-state index in [2.05, 4.69) is 12.1 Å². The minimum Gasteiger partial charge on any atom is -0.472 e. The highest BCUT2D eigenvalue weighted by atomic mass is 16.7. The van der Waals surface area contributed by atoms with Gasteiger partial charge in [0.25, 0.3) is 5.91 Å². The second-order valence-electron chi connectivity index (χ2n) is 6.13. The molecule has 5 nitrogen and oxygen atoms in total. The molecule has 4 rings (SSSR count). The van der Waals surface area contributed by atoms with Crippen LogP contribution in [0.5, 0.6) is 11.5 Å². The smallest absolute Gasteiger partial charge is 0.257 e. The maximum absolute atomic E-state index is 12.9. The fraction of sp³-hybridized carbons (Fsp3) is 0.190. The summed E-state index contributed by atoms with van der Waals surface area (Å²) < 4.78 is 16.1. The summed E-state index contributed by atoms with van der Waals surface area (Å²) in [6, 6.07) is 17.6. The van der Waals surface area contributed by atoms with Crippen LogP contribution in [0.15, 0.2) is 71.5 Å². The monoisotopic (exact) mass is 349 g/mol. The van der Waals surface area contributed by atoms with Crippen molar-refractivity contribution in [1.82, 2.24) is 4.90 Å². The molecule has 0 bridgehead atoms. The first-order valence-electron chi connectivity index (χ1n) is 8.54. The van der Waals surface area contributed by atoms with Gasteiger partial charge in [-0.1, -0.05) is 42.5 Å². The summed E-state index contributed by atoms with van der Waals surface area (Å²) in [5, 5.41) is 0. The molecule has 5 heteroatoms. The van der Waals surface area contributed by atoms with E-state index >= 15 is 0 Å². The molecule has 2 heterocycles. The van der Waals surface area contributed by atoms with Crippen molar-refractivity contribution >= 4 is 5.91 Å². The van der Waals surface area contributed by atoms with Gasteiger partial charge < -0.3 is 18.8 Å². The summed E-state index contributed by atoms with van der Waals surface area (Å²) >= 11 is 0. The third kappa shape index (κ3) is 3.42. The Balaban J connectivity index is 1.56. The summed E-state index contributed by atoms with van der Waals surface area (Å²) in [6.07, 6.45) is 3.77. The molecule has 0 N–H and O–H groups in total. The van der Waals surface area contributed by atoms with Crippen LogP contribution in [-0.2, 0) is 13.0 Å². The number of para-hydroxylation sites is 1. The molecule has 3 aromatic rings. The number of amides is 1. The van der Waals surface area contributed by atoms with E-state index in [1.807, 2.05) is 41.3 Å². The molecule has 2 aromatic carbocycles. The van der Waals surface area contributed by atoms with Crippen LogP contribution in [0.4, 0.5) is 0 Å². The first kappa shape index (κ1) is 16.3. The minimum absolute atomic E-state index is 0.0637. The van der Waals surface area contributed by atoms with Gasteiger partial charge in [0.2, 0.25) is 6.79 Å². The fourth-order valence-corrected chi connectivity index (χ4v) is 3.05. The molecular weight excluding hydrogens is 330 g/mol. The van der Waals surface area contributed by atoms with E-state index in [0.717, 1.165) is 23.5 Å². The van der Waals surface area contributed by atoms with Crippen LogP contribution in [0, 0.1) is 0 Å². The summed E-state index contributed by atoms with van der Waals surface area (Å²) in [6.45, 7) is 1.26. The Bertz CT molecular complexity index is 874. The van der Waals surface area contributed by atoms with E-state index in [9.17, 15) is 4.79 Å². The SMILES string of the molecule is O=C(c1ccoc1)N(CCc1ccccc1)Cc1cccc2c1OCO2. The number of hydrogen-bond donors (Lipinski definition) is 0. The summed E-state index contributed by atoms with van der Waals surface area (Å²) in [7, 11) is 0. The van der Waals surface area contributed by atoms with Crippen molar-refractivity contribution in [2.24, 2.45) is 0 Å². The average molecular weight is 349 g/mol. The highest BCUT2D eigenvalue weighted by Crippen LogP contribution is 2.36. The standard InChI is InChI=1S/C21H19NO4/c23-21(18-10-12-24-14-18)22(11-9-16-5-2-1-3-6-16)13-17-7-4-8-19-20(17)26-15-25-19/h1-8,10,12,14H,9,11,13,15H2. The Labute approximate surface area is 151 Å². The van der Waals surface area contributed by atoms with Gasteiger partial charge in [0.15, 0.2) is 11.5 Å². The lowest BCUT2D eigenvalue weighted by atomic mass is 10.1. The van der Waals surface area contributed by atoms with Crippen molar-refractivity contribution in [3.63, 3.8) is 0 Å².